The quantitative estimate of drug-likeness (QED) is 0.756. The van der Waals surface area contributed by atoms with Crippen molar-refractivity contribution in [3.8, 4) is 0 Å². The van der Waals surface area contributed by atoms with Crippen molar-refractivity contribution in [3.05, 3.63) is 53.0 Å². The first-order valence-corrected chi connectivity index (χ1v) is 11.8. The van der Waals surface area contributed by atoms with E-state index >= 15 is 0 Å². The van der Waals surface area contributed by atoms with Gasteiger partial charge in [0.15, 0.2) is 0 Å². The third-order valence-electron chi connectivity index (χ3n) is 6.96. The number of carbonyl (C=O) groups excluding carboxylic acids is 1. The van der Waals surface area contributed by atoms with Crippen LogP contribution < -0.4 is 4.90 Å². The number of rotatable bonds is 4. The van der Waals surface area contributed by atoms with Gasteiger partial charge in [-0.25, -0.2) is 9.97 Å². The molecule has 0 radical (unpaired) electrons. The topological polar surface area (TPSA) is 58.6 Å². The number of carbonyl (C=O) groups is 1. The van der Waals surface area contributed by atoms with Gasteiger partial charge in [0.25, 0.3) is 5.91 Å². The van der Waals surface area contributed by atoms with Gasteiger partial charge in [0.2, 0.25) is 0 Å². The number of nitrogens with zero attached hydrogens (tertiary/aromatic N) is 4. The lowest BCUT2D eigenvalue weighted by atomic mass is 9.94. The van der Waals surface area contributed by atoms with Crippen LogP contribution in [0.3, 0.4) is 0 Å². The van der Waals surface area contributed by atoms with E-state index in [0.29, 0.717) is 12.5 Å². The largest absolute Gasteiger partial charge is 0.368 e. The highest BCUT2D eigenvalue weighted by Gasteiger charge is 2.32. The predicted octanol–water partition coefficient (Wildman–Crippen LogP) is 3.62. The Morgan fingerprint density at radius 3 is 2.61 bits per heavy atom. The molecule has 6 nitrogen and oxygen atoms in total. The standard InChI is InChI=1S/C25H32N4O2/c1-18-21-9-5-13-29(17-19-7-3-2-4-8-19)24(21)27-23(26-18)20-11-14-28(15-12-20)25(30)22-10-6-16-31-22/h2-4,7-8,20,22H,5-6,9-17H2,1H3/t22-/m0/s1. The fraction of sp³-hybridized carbons (Fsp3) is 0.560. The molecule has 3 aliphatic heterocycles. The van der Waals surface area contributed by atoms with E-state index in [0.717, 1.165) is 82.0 Å². The molecule has 2 saturated heterocycles. The summed E-state index contributed by atoms with van der Waals surface area (Å²) in [5.41, 5.74) is 3.74. The zero-order valence-electron chi connectivity index (χ0n) is 18.4. The summed E-state index contributed by atoms with van der Waals surface area (Å²) in [4.78, 5) is 27.1. The molecule has 164 valence electrons. The van der Waals surface area contributed by atoms with Crippen LogP contribution in [-0.4, -0.2) is 53.1 Å². The number of piperidine rings is 1. The molecule has 31 heavy (non-hydrogen) atoms. The van der Waals surface area contributed by atoms with Gasteiger partial charge >= 0.3 is 0 Å². The number of aromatic nitrogens is 2. The molecule has 1 amide bonds. The van der Waals surface area contributed by atoms with E-state index in [9.17, 15) is 4.79 Å². The van der Waals surface area contributed by atoms with Crippen LogP contribution in [0.15, 0.2) is 30.3 Å². The highest BCUT2D eigenvalue weighted by atomic mass is 16.5. The predicted molar refractivity (Wildman–Crippen MR) is 120 cm³/mol. The van der Waals surface area contributed by atoms with Crippen molar-refractivity contribution >= 4 is 11.7 Å². The van der Waals surface area contributed by atoms with E-state index in [1.807, 2.05) is 4.90 Å². The fourth-order valence-electron chi connectivity index (χ4n) is 5.18. The lowest BCUT2D eigenvalue weighted by molar-refractivity contribution is -0.142. The number of hydrogen-bond donors (Lipinski definition) is 0. The maximum Gasteiger partial charge on any atom is 0.251 e. The molecule has 1 aromatic carbocycles. The normalized spacial score (nSPS) is 21.9. The molecular weight excluding hydrogens is 388 g/mol. The van der Waals surface area contributed by atoms with Crippen LogP contribution in [0.25, 0.3) is 0 Å². The number of benzene rings is 1. The van der Waals surface area contributed by atoms with Crippen molar-refractivity contribution < 1.29 is 9.53 Å². The van der Waals surface area contributed by atoms with E-state index in [4.69, 9.17) is 14.7 Å². The Hall–Kier alpha value is -2.47. The van der Waals surface area contributed by atoms with Crippen LogP contribution in [-0.2, 0) is 22.5 Å². The molecule has 4 heterocycles. The number of hydrogen-bond acceptors (Lipinski definition) is 5. The maximum atomic E-state index is 12.7. The van der Waals surface area contributed by atoms with Gasteiger partial charge in [-0.15, -0.1) is 0 Å². The zero-order valence-corrected chi connectivity index (χ0v) is 18.4. The van der Waals surface area contributed by atoms with E-state index < -0.39 is 0 Å². The fourth-order valence-corrected chi connectivity index (χ4v) is 5.18. The molecule has 3 aliphatic rings. The highest BCUT2D eigenvalue weighted by Crippen LogP contribution is 2.33. The van der Waals surface area contributed by atoms with Gasteiger partial charge in [0.05, 0.1) is 0 Å². The summed E-state index contributed by atoms with van der Waals surface area (Å²) in [5, 5.41) is 0. The molecule has 6 heteroatoms. The Balaban J connectivity index is 1.31. The summed E-state index contributed by atoms with van der Waals surface area (Å²) in [7, 11) is 0. The van der Waals surface area contributed by atoms with E-state index in [1.54, 1.807) is 0 Å². The first kappa shape index (κ1) is 20.4. The summed E-state index contributed by atoms with van der Waals surface area (Å²) >= 11 is 0. The molecule has 0 spiro atoms. The minimum Gasteiger partial charge on any atom is -0.368 e. The SMILES string of the molecule is Cc1nc(C2CCN(C(=O)[C@@H]3CCCO3)CC2)nc2c1CCCN2Cc1ccccc1. The van der Waals surface area contributed by atoms with Crippen molar-refractivity contribution in [1.29, 1.82) is 0 Å². The highest BCUT2D eigenvalue weighted by molar-refractivity contribution is 5.81. The van der Waals surface area contributed by atoms with Gasteiger partial charge in [-0.05, 0) is 51.0 Å². The summed E-state index contributed by atoms with van der Waals surface area (Å²) in [6.07, 6.45) is 5.70. The van der Waals surface area contributed by atoms with Crippen molar-refractivity contribution in [3.63, 3.8) is 0 Å². The van der Waals surface area contributed by atoms with Crippen LogP contribution in [0.1, 0.15) is 60.7 Å². The first-order valence-electron chi connectivity index (χ1n) is 11.8. The Morgan fingerprint density at radius 2 is 1.87 bits per heavy atom. The van der Waals surface area contributed by atoms with Crippen LogP contribution in [0.2, 0.25) is 0 Å². The number of aryl methyl sites for hydroxylation is 1. The summed E-state index contributed by atoms with van der Waals surface area (Å²) in [6.45, 7) is 6.32. The number of anilines is 1. The molecular formula is C25H32N4O2. The molecule has 2 aromatic rings. The summed E-state index contributed by atoms with van der Waals surface area (Å²) in [5.74, 6) is 2.57. The molecule has 1 aromatic heterocycles. The summed E-state index contributed by atoms with van der Waals surface area (Å²) < 4.78 is 5.60. The molecule has 2 fully saturated rings. The van der Waals surface area contributed by atoms with Gasteiger partial charge < -0.3 is 14.5 Å². The number of ether oxygens (including phenoxy) is 1. The Morgan fingerprint density at radius 1 is 1.06 bits per heavy atom. The molecule has 1 atom stereocenters. The number of fused-ring (bicyclic) bond motifs is 1. The second-order valence-corrected chi connectivity index (χ2v) is 9.08. The third-order valence-corrected chi connectivity index (χ3v) is 6.96. The first-order chi connectivity index (χ1) is 15.2. The molecule has 5 rings (SSSR count). The van der Waals surface area contributed by atoms with E-state index in [-0.39, 0.29) is 12.0 Å². The van der Waals surface area contributed by atoms with Gasteiger partial charge in [-0.2, -0.15) is 0 Å². The lowest BCUT2D eigenvalue weighted by Gasteiger charge is -2.34. The number of likely N-dealkylation sites (tertiary alicyclic amines) is 1. The van der Waals surface area contributed by atoms with E-state index in [2.05, 4.69) is 42.2 Å². The minimum absolute atomic E-state index is 0.174. The Labute approximate surface area is 184 Å². The zero-order chi connectivity index (χ0) is 21.2. The number of amides is 1. The second-order valence-electron chi connectivity index (χ2n) is 9.08. The molecule has 0 unspecified atom stereocenters. The minimum atomic E-state index is -0.217. The van der Waals surface area contributed by atoms with Gasteiger partial charge in [-0.3, -0.25) is 4.79 Å². The molecule has 0 bridgehead atoms. The van der Waals surface area contributed by atoms with Crippen molar-refractivity contribution in [2.24, 2.45) is 0 Å². The van der Waals surface area contributed by atoms with Crippen molar-refractivity contribution in [1.82, 2.24) is 14.9 Å². The molecule has 0 N–H and O–H groups in total. The second kappa shape index (κ2) is 8.95. The van der Waals surface area contributed by atoms with Gasteiger partial charge in [0, 0.05) is 50.0 Å². The average molecular weight is 421 g/mol. The Kier molecular flexibility index (Phi) is 5.90. The van der Waals surface area contributed by atoms with Crippen molar-refractivity contribution in [2.45, 2.75) is 64.0 Å². The molecule has 0 aliphatic carbocycles. The van der Waals surface area contributed by atoms with E-state index in [1.165, 1.54) is 11.1 Å². The van der Waals surface area contributed by atoms with Crippen LogP contribution in [0, 0.1) is 6.92 Å². The lowest BCUT2D eigenvalue weighted by Crippen LogP contribution is -2.43. The van der Waals surface area contributed by atoms with Crippen LogP contribution >= 0.6 is 0 Å². The average Bonchev–Trinajstić information content (AvgIpc) is 3.35. The smallest absolute Gasteiger partial charge is 0.251 e. The molecule has 0 saturated carbocycles. The van der Waals surface area contributed by atoms with Gasteiger partial charge in [-0.1, -0.05) is 30.3 Å². The van der Waals surface area contributed by atoms with Crippen molar-refractivity contribution in [2.75, 3.05) is 31.1 Å². The Bertz CT molecular complexity index is 919. The maximum absolute atomic E-state index is 12.7. The third kappa shape index (κ3) is 4.31. The van der Waals surface area contributed by atoms with Crippen LogP contribution in [0.4, 0.5) is 5.82 Å². The van der Waals surface area contributed by atoms with Gasteiger partial charge in [0.1, 0.15) is 17.7 Å². The monoisotopic (exact) mass is 420 g/mol. The van der Waals surface area contributed by atoms with Crippen LogP contribution in [0.5, 0.6) is 0 Å². The summed E-state index contributed by atoms with van der Waals surface area (Å²) in [6, 6.07) is 10.6.